The Morgan fingerprint density at radius 3 is 2.31 bits per heavy atom. The van der Waals surface area contributed by atoms with E-state index in [1.807, 2.05) is 38.2 Å². The molecule has 0 saturated heterocycles. The first kappa shape index (κ1) is 10.7. The second-order valence-corrected chi connectivity index (χ2v) is 3.79. The van der Waals surface area contributed by atoms with Crippen molar-refractivity contribution in [3.8, 4) is 11.1 Å². The summed E-state index contributed by atoms with van der Waals surface area (Å²) >= 11 is 0. The van der Waals surface area contributed by atoms with Gasteiger partial charge in [-0.05, 0) is 47.9 Å². The van der Waals surface area contributed by atoms with Crippen molar-refractivity contribution >= 4 is 5.69 Å². The van der Waals surface area contributed by atoms with E-state index in [4.69, 9.17) is 0 Å². The van der Waals surface area contributed by atoms with Crippen molar-refractivity contribution < 1.29 is 4.39 Å². The van der Waals surface area contributed by atoms with Gasteiger partial charge >= 0.3 is 0 Å². The van der Waals surface area contributed by atoms with Gasteiger partial charge in [-0.25, -0.2) is 4.39 Å². The molecule has 16 heavy (non-hydrogen) atoms. The number of benzene rings is 2. The van der Waals surface area contributed by atoms with Crippen LogP contribution in [0.1, 0.15) is 5.56 Å². The maximum absolute atomic E-state index is 13.2. The van der Waals surface area contributed by atoms with E-state index in [2.05, 4.69) is 5.32 Å². The van der Waals surface area contributed by atoms with Gasteiger partial charge in [-0.15, -0.1) is 0 Å². The van der Waals surface area contributed by atoms with Gasteiger partial charge in [-0.1, -0.05) is 18.2 Å². The average Bonchev–Trinajstić information content (AvgIpc) is 2.32. The molecule has 2 aromatic carbocycles. The molecule has 0 atom stereocenters. The van der Waals surface area contributed by atoms with E-state index in [-0.39, 0.29) is 5.82 Å². The fourth-order valence-electron chi connectivity index (χ4n) is 1.72. The third-order valence-electron chi connectivity index (χ3n) is 2.68. The number of hydrogen-bond acceptors (Lipinski definition) is 1. The Bertz CT molecular complexity index is 489. The van der Waals surface area contributed by atoms with Crippen molar-refractivity contribution in [1.82, 2.24) is 0 Å². The number of aryl methyl sites for hydroxylation is 1. The van der Waals surface area contributed by atoms with Crippen molar-refractivity contribution in [2.75, 3.05) is 12.4 Å². The lowest BCUT2D eigenvalue weighted by Crippen LogP contribution is -1.88. The topological polar surface area (TPSA) is 12.0 Å². The Balaban J connectivity index is 2.45. The summed E-state index contributed by atoms with van der Waals surface area (Å²) < 4.78 is 13.2. The molecule has 0 aliphatic heterocycles. The Kier molecular flexibility index (Phi) is 2.91. The molecule has 1 N–H and O–H groups in total. The van der Waals surface area contributed by atoms with Gasteiger partial charge in [-0.3, -0.25) is 0 Å². The molecule has 0 spiro atoms. The fourth-order valence-corrected chi connectivity index (χ4v) is 1.72. The van der Waals surface area contributed by atoms with Crippen LogP contribution in [0.15, 0.2) is 42.5 Å². The van der Waals surface area contributed by atoms with E-state index < -0.39 is 0 Å². The largest absolute Gasteiger partial charge is 0.388 e. The van der Waals surface area contributed by atoms with E-state index in [9.17, 15) is 4.39 Å². The van der Waals surface area contributed by atoms with Crippen LogP contribution in [0.3, 0.4) is 0 Å². The van der Waals surface area contributed by atoms with Crippen molar-refractivity contribution in [2.45, 2.75) is 6.92 Å². The summed E-state index contributed by atoms with van der Waals surface area (Å²) in [6.45, 7) is 1.99. The van der Waals surface area contributed by atoms with Crippen LogP contribution < -0.4 is 5.32 Å². The minimum absolute atomic E-state index is 0.196. The summed E-state index contributed by atoms with van der Waals surface area (Å²) in [7, 11) is 1.88. The number of halogens is 1. The lowest BCUT2D eigenvalue weighted by atomic mass is 10.0. The molecule has 0 aliphatic carbocycles. The third-order valence-corrected chi connectivity index (χ3v) is 2.68. The van der Waals surface area contributed by atoms with E-state index in [1.54, 1.807) is 12.1 Å². The van der Waals surface area contributed by atoms with E-state index in [0.717, 1.165) is 22.4 Å². The summed E-state index contributed by atoms with van der Waals surface area (Å²) in [6.07, 6.45) is 0. The van der Waals surface area contributed by atoms with Gasteiger partial charge in [0.05, 0.1) is 0 Å². The normalized spacial score (nSPS) is 10.2. The number of rotatable bonds is 2. The molecule has 0 unspecified atom stereocenters. The maximum atomic E-state index is 13.2. The summed E-state index contributed by atoms with van der Waals surface area (Å²) in [6, 6.07) is 12.8. The second-order valence-electron chi connectivity index (χ2n) is 3.79. The zero-order valence-corrected chi connectivity index (χ0v) is 9.42. The van der Waals surface area contributed by atoms with Crippen LogP contribution in [0, 0.1) is 12.7 Å². The van der Waals surface area contributed by atoms with Gasteiger partial charge in [0.25, 0.3) is 0 Å². The van der Waals surface area contributed by atoms with Crippen LogP contribution in [0.5, 0.6) is 0 Å². The zero-order chi connectivity index (χ0) is 11.5. The SMILES string of the molecule is CNc1ccc(-c2cc(F)ccc2C)cc1. The van der Waals surface area contributed by atoms with Gasteiger partial charge in [0.2, 0.25) is 0 Å². The molecule has 2 aromatic rings. The van der Waals surface area contributed by atoms with Gasteiger partial charge < -0.3 is 5.32 Å². The molecule has 0 fully saturated rings. The monoisotopic (exact) mass is 215 g/mol. The predicted octanol–water partition coefficient (Wildman–Crippen LogP) is 3.84. The van der Waals surface area contributed by atoms with Crippen molar-refractivity contribution in [1.29, 1.82) is 0 Å². The lowest BCUT2D eigenvalue weighted by molar-refractivity contribution is 0.628. The summed E-state index contributed by atoms with van der Waals surface area (Å²) in [5.74, 6) is -0.196. The Labute approximate surface area is 94.9 Å². The Morgan fingerprint density at radius 2 is 1.69 bits per heavy atom. The van der Waals surface area contributed by atoms with Crippen molar-refractivity contribution in [3.63, 3.8) is 0 Å². The molecular weight excluding hydrogens is 201 g/mol. The zero-order valence-electron chi connectivity index (χ0n) is 9.42. The molecule has 0 amide bonds. The predicted molar refractivity (Wildman–Crippen MR) is 66.1 cm³/mol. The highest BCUT2D eigenvalue weighted by Crippen LogP contribution is 2.25. The van der Waals surface area contributed by atoms with Crippen LogP contribution in [0.25, 0.3) is 11.1 Å². The van der Waals surface area contributed by atoms with Crippen LogP contribution in [-0.4, -0.2) is 7.05 Å². The number of anilines is 1. The first-order chi connectivity index (χ1) is 7.70. The minimum Gasteiger partial charge on any atom is -0.388 e. The highest BCUT2D eigenvalue weighted by atomic mass is 19.1. The standard InChI is InChI=1S/C14H14FN/c1-10-3-6-12(15)9-14(10)11-4-7-13(16-2)8-5-11/h3-9,16H,1-2H3. The van der Waals surface area contributed by atoms with Crippen molar-refractivity contribution in [2.24, 2.45) is 0 Å². The van der Waals surface area contributed by atoms with Crippen LogP contribution in [0.2, 0.25) is 0 Å². The molecule has 82 valence electrons. The average molecular weight is 215 g/mol. The van der Waals surface area contributed by atoms with E-state index in [0.29, 0.717) is 0 Å². The molecule has 0 bridgehead atoms. The first-order valence-electron chi connectivity index (χ1n) is 5.25. The van der Waals surface area contributed by atoms with Crippen LogP contribution in [0.4, 0.5) is 10.1 Å². The molecular formula is C14H14FN. The smallest absolute Gasteiger partial charge is 0.123 e. The van der Waals surface area contributed by atoms with Gasteiger partial charge in [0.1, 0.15) is 5.82 Å². The third kappa shape index (κ3) is 2.06. The van der Waals surface area contributed by atoms with Crippen LogP contribution in [-0.2, 0) is 0 Å². The number of nitrogens with one attached hydrogen (secondary N) is 1. The van der Waals surface area contributed by atoms with Crippen molar-refractivity contribution in [3.05, 3.63) is 53.8 Å². The molecule has 1 nitrogen and oxygen atoms in total. The van der Waals surface area contributed by atoms with Gasteiger partial charge in [-0.2, -0.15) is 0 Å². The second kappa shape index (κ2) is 4.35. The van der Waals surface area contributed by atoms with E-state index in [1.165, 1.54) is 6.07 Å². The Hall–Kier alpha value is -1.83. The first-order valence-corrected chi connectivity index (χ1v) is 5.25. The Morgan fingerprint density at radius 1 is 1.00 bits per heavy atom. The summed E-state index contributed by atoms with van der Waals surface area (Å²) in [4.78, 5) is 0. The van der Waals surface area contributed by atoms with E-state index >= 15 is 0 Å². The highest BCUT2D eigenvalue weighted by Gasteiger charge is 2.03. The van der Waals surface area contributed by atoms with Gasteiger partial charge in [0.15, 0.2) is 0 Å². The quantitative estimate of drug-likeness (QED) is 0.802. The van der Waals surface area contributed by atoms with Crippen LogP contribution >= 0.6 is 0 Å². The molecule has 0 aliphatic rings. The number of hydrogen-bond donors (Lipinski definition) is 1. The molecule has 0 heterocycles. The minimum atomic E-state index is -0.196. The lowest BCUT2D eigenvalue weighted by Gasteiger charge is -2.07. The molecule has 2 rings (SSSR count). The summed E-state index contributed by atoms with van der Waals surface area (Å²) in [5.41, 5.74) is 4.12. The fraction of sp³-hybridized carbons (Fsp3) is 0.143. The summed E-state index contributed by atoms with van der Waals surface area (Å²) in [5, 5.41) is 3.06. The molecule has 0 radical (unpaired) electrons. The molecule has 2 heteroatoms. The molecule has 0 saturated carbocycles. The highest BCUT2D eigenvalue weighted by molar-refractivity contribution is 5.69. The maximum Gasteiger partial charge on any atom is 0.123 e. The van der Waals surface area contributed by atoms with Gasteiger partial charge in [0, 0.05) is 12.7 Å². The molecule has 0 aromatic heterocycles.